The monoisotopic (exact) mass is 330 g/mol. The van der Waals surface area contributed by atoms with Gasteiger partial charge in [0.25, 0.3) is 5.91 Å². The van der Waals surface area contributed by atoms with Crippen LogP contribution in [0.4, 0.5) is 0 Å². The normalized spacial score (nSPS) is 20.6. The lowest BCUT2D eigenvalue weighted by Crippen LogP contribution is -2.31. The summed E-state index contributed by atoms with van der Waals surface area (Å²) in [6.45, 7) is 2.67. The fraction of sp³-hybridized carbons (Fsp3) is 0.588. The number of hydrogen-bond acceptors (Lipinski definition) is 5. The Balaban J connectivity index is 1.63. The molecular formula is C17H22N4O3. The van der Waals surface area contributed by atoms with E-state index >= 15 is 0 Å². The van der Waals surface area contributed by atoms with E-state index in [1.807, 2.05) is 24.9 Å². The van der Waals surface area contributed by atoms with E-state index in [0.717, 1.165) is 48.6 Å². The van der Waals surface area contributed by atoms with Crippen molar-refractivity contribution in [2.45, 2.75) is 44.6 Å². The van der Waals surface area contributed by atoms with E-state index in [1.54, 1.807) is 11.8 Å². The number of rotatable bonds is 4. The van der Waals surface area contributed by atoms with Gasteiger partial charge in [-0.25, -0.2) is 4.68 Å². The van der Waals surface area contributed by atoms with Gasteiger partial charge in [0.15, 0.2) is 5.69 Å². The maximum Gasteiger partial charge on any atom is 0.276 e. The molecule has 1 atom stereocenters. The van der Waals surface area contributed by atoms with Crippen LogP contribution in [0.1, 0.15) is 65.1 Å². The van der Waals surface area contributed by atoms with Crippen molar-refractivity contribution < 1.29 is 14.1 Å². The fourth-order valence-electron chi connectivity index (χ4n) is 3.69. The molecule has 0 radical (unpaired) electrons. The average Bonchev–Trinajstić information content (AvgIpc) is 3.00. The van der Waals surface area contributed by atoms with Gasteiger partial charge in [-0.2, -0.15) is 5.10 Å². The molecule has 2 aliphatic rings. The minimum atomic E-state index is -0.0709. The molecule has 0 aromatic carbocycles. The quantitative estimate of drug-likeness (QED) is 0.861. The molecule has 1 unspecified atom stereocenters. The predicted octanol–water partition coefficient (Wildman–Crippen LogP) is 2.58. The third-order valence-corrected chi connectivity index (χ3v) is 4.98. The summed E-state index contributed by atoms with van der Waals surface area (Å²) in [4.78, 5) is 14.8. The molecule has 3 heterocycles. The first kappa shape index (κ1) is 15.2. The molecule has 7 nitrogen and oxygen atoms in total. The third kappa shape index (κ3) is 2.39. The van der Waals surface area contributed by atoms with Crippen LogP contribution < -0.4 is 4.74 Å². The number of aryl methyl sites for hydroxylation is 2. The van der Waals surface area contributed by atoms with Gasteiger partial charge in [-0.05, 0) is 32.6 Å². The first-order valence-electron chi connectivity index (χ1n) is 8.45. The van der Waals surface area contributed by atoms with E-state index in [0.29, 0.717) is 18.2 Å². The maximum atomic E-state index is 12.9. The van der Waals surface area contributed by atoms with Crippen LogP contribution in [0, 0.1) is 6.92 Å². The van der Waals surface area contributed by atoms with Crippen LogP contribution in [-0.4, -0.2) is 39.4 Å². The summed E-state index contributed by atoms with van der Waals surface area (Å²) in [7, 11) is 3.50. The van der Waals surface area contributed by atoms with Crippen LogP contribution in [0.25, 0.3) is 0 Å². The topological polar surface area (TPSA) is 73.4 Å². The Morgan fingerprint density at radius 3 is 2.88 bits per heavy atom. The Morgan fingerprint density at radius 1 is 1.38 bits per heavy atom. The molecule has 2 aromatic heterocycles. The number of carbonyl (C=O) groups excluding carboxylic acids is 1. The molecule has 24 heavy (non-hydrogen) atoms. The molecule has 1 saturated carbocycles. The summed E-state index contributed by atoms with van der Waals surface area (Å²) in [5.41, 5.74) is 2.30. The molecule has 128 valence electrons. The highest BCUT2D eigenvalue weighted by Gasteiger charge is 2.37. The summed E-state index contributed by atoms with van der Waals surface area (Å²) in [6, 6.07) is 1.78. The third-order valence-electron chi connectivity index (χ3n) is 4.98. The van der Waals surface area contributed by atoms with Crippen LogP contribution in [0.3, 0.4) is 0 Å². The van der Waals surface area contributed by atoms with E-state index in [2.05, 4.69) is 10.3 Å². The second-order valence-electron chi connectivity index (χ2n) is 6.68. The standard InChI is InChI=1S/C17H22N4O3/c1-10-15(17(23-3)20(2)18-10)13-5-4-8-21(13)16(22)12-9-14(24-19-12)11-6-7-11/h9,11,13H,4-8H2,1-3H3. The van der Waals surface area contributed by atoms with Crippen LogP contribution in [0.5, 0.6) is 5.88 Å². The molecule has 1 saturated heterocycles. The zero-order chi connectivity index (χ0) is 16.8. The molecule has 1 amide bonds. The number of ether oxygens (including phenoxy) is 1. The van der Waals surface area contributed by atoms with Crippen molar-refractivity contribution in [2.24, 2.45) is 7.05 Å². The second kappa shape index (κ2) is 5.65. The maximum absolute atomic E-state index is 12.9. The molecule has 2 fully saturated rings. The van der Waals surface area contributed by atoms with E-state index in [1.165, 1.54) is 0 Å². The molecule has 4 rings (SSSR count). The van der Waals surface area contributed by atoms with Crippen molar-refractivity contribution >= 4 is 5.91 Å². The largest absolute Gasteiger partial charge is 0.481 e. The zero-order valence-corrected chi connectivity index (χ0v) is 14.3. The lowest BCUT2D eigenvalue weighted by molar-refractivity contribution is 0.0723. The van der Waals surface area contributed by atoms with Gasteiger partial charge in [0, 0.05) is 25.6 Å². The van der Waals surface area contributed by atoms with E-state index in [-0.39, 0.29) is 11.9 Å². The van der Waals surface area contributed by atoms with Crippen LogP contribution in [0.2, 0.25) is 0 Å². The van der Waals surface area contributed by atoms with Gasteiger partial charge < -0.3 is 14.2 Å². The fourth-order valence-corrected chi connectivity index (χ4v) is 3.69. The summed E-state index contributed by atoms with van der Waals surface area (Å²) >= 11 is 0. The first-order chi connectivity index (χ1) is 11.6. The summed E-state index contributed by atoms with van der Waals surface area (Å²) in [6.07, 6.45) is 4.12. The van der Waals surface area contributed by atoms with Crippen LogP contribution in [-0.2, 0) is 7.05 Å². The Labute approximate surface area is 140 Å². The number of aromatic nitrogens is 3. The Bertz CT molecular complexity index is 775. The van der Waals surface area contributed by atoms with E-state index in [9.17, 15) is 4.79 Å². The number of methoxy groups -OCH3 is 1. The van der Waals surface area contributed by atoms with Gasteiger partial charge >= 0.3 is 0 Å². The molecule has 2 aromatic rings. The summed E-state index contributed by atoms with van der Waals surface area (Å²) < 4.78 is 12.6. The smallest absolute Gasteiger partial charge is 0.276 e. The number of carbonyl (C=O) groups is 1. The number of amides is 1. The highest BCUT2D eigenvalue weighted by Crippen LogP contribution is 2.42. The molecular weight excluding hydrogens is 308 g/mol. The Morgan fingerprint density at radius 2 is 2.17 bits per heavy atom. The van der Waals surface area contributed by atoms with Crippen molar-refractivity contribution in [3.8, 4) is 5.88 Å². The minimum Gasteiger partial charge on any atom is -0.481 e. The Hall–Kier alpha value is -2.31. The van der Waals surface area contributed by atoms with Gasteiger partial charge in [-0.3, -0.25) is 4.79 Å². The van der Waals surface area contributed by atoms with Gasteiger partial charge in [0.05, 0.1) is 24.4 Å². The zero-order valence-electron chi connectivity index (χ0n) is 14.3. The number of likely N-dealkylation sites (tertiary alicyclic amines) is 1. The predicted molar refractivity (Wildman–Crippen MR) is 86.0 cm³/mol. The number of hydrogen-bond donors (Lipinski definition) is 0. The molecule has 7 heteroatoms. The molecule has 0 spiro atoms. The van der Waals surface area contributed by atoms with Crippen molar-refractivity contribution in [3.05, 3.63) is 28.8 Å². The molecule has 0 bridgehead atoms. The van der Waals surface area contributed by atoms with E-state index < -0.39 is 0 Å². The molecule has 0 N–H and O–H groups in total. The first-order valence-corrected chi connectivity index (χ1v) is 8.45. The summed E-state index contributed by atoms with van der Waals surface area (Å²) in [5, 5.41) is 8.45. The summed E-state index contributed by atoms with van der Waals surface area (Å²) in [5.74, 6) is 1.94. The highest BCUT2D eigenvalue weighted by atomic mass is 16.5. The number of nitrogens with zero attached hydrogens (tertiary/aromatic N) is 4. The average molecular weight is 330 g/mol. The van der Waals surface area contributed by atoms with Crippen molar-refractivity contribution in [2.75, 3.05) is 13.7 Å². The van der Waals surface area contributed by atoms with Crippen LogP contribution in [0.15, 0.2) is 10.6 Å². The van der Waals surface area contributed by atoms with Crippen LogP contribution >= 0.6 is 0 Å². The van der Waals surface area contributed by atoms with Crippen molar-refractivity contribution in [1.82, 2.24) is 19.8 Å². The highest BCUT2D eigenvalue weighted by molar-refractivity contribution is 5.92. The second-order valence-corrected chi connectivity index (χ2v) is 6.68. The van der Waals surface area contributed by atoms with Gasteiger partial charge in [0.1, 0.15) is 5.76 Å². The molecule has 1 aliphatic heterocycles. The van der Waals surface area contributed by atoms with Gasteiger partial charge in [-0.1, -0.05) is 5.16 Å². The SMILES string of the molecule is COc1c(C2CCCN2C(=O)c2cc(C3CC3)on2)c(C)nn1C. The van der Waals surface area contributed by atoms with Gasteiger partial charge in [0.2, 0.25) is 5.88 Å². The van der Waals surface area contributed by atoms with Gasteiger partial charge in [-0.15, -0.1) is 0 Å². The van der Waals surface area contributed by atoms with E-state index in [4.69, 9.17) is 9.26 Å². The van der Waals surface area contributed by atoms with Crippen molar-refractivity contribution in [1.29, 1.82) is 0 Å². The molecule has 1 aliphatic carbocycles. The minimum absolute atomic E-state index is 0.0257. The van der Waals surface area contributed by atoms with Crippen molar-refractivity contribution in [3.63, 3.8) is 0 Å². The lowest BCUT2D eigenvalue weighted by atomic mass is 10.0. The lowest BCUT2D eigenvalue weighted by Gasteiger charge is -2.24. The Kier molecular flexibility index (Phi) is 3.58.